The van der Waals surface area contributed by atoms with Crippen LogP contribution in [0.5, 0.6) is 5.75 Å². The summed E-state index contributed by atoms with van der Waals surface area (Å²) in [6, 6.07) is 7.93. The molecule has 1 saturated heterocycles. The number of benzene rings is 1. The fraction of sp³-hybridized carbons (Fsp3) is 0.500. The summed E-state index contributed by atoms with van der Waals surface area (Å²) in [5.74, 6) is 0.323. The van der Waals surface area contributed by atoms with Crippen LogP contribution in [0.25, 0.3) is 0 Å². The van der Waals surface area contributed by atoms with E-state index in [2.05, 4.69) is 6.58 Å². The van der Waals surface area contributed by atoms with E-state index in [-0.39, 0.29) is 12.2 Å². The molecule has 1 aliphatic heterocycles. The number of hydrogen-bond acceptors (Lipinski definition) is 4. The molecule has 1 heterocycles. The van der Waals surface area contributed by atoms with Crippen molar-refractivity contribution in [1.82, 2.24) is 0 Å². The van der Waals surface area contributed by atoms with Crippen molar-refractivity contribution >= 4 is 0 Å². The first kappa shape index (κ1) is 18.7. The van der Waals surface area contributed by atoms with E-state index in [4.69, 9.17) is 18.9 Å². The van der Waals surface area contributed by atoms with Gasteiger partial charge in [-0.3, -0.25) is 0 Å². The molecule has 0 amide bonds. The molecule has 0 aromatic heterocycles. The molecule has 1 fully saturated rings. The molecule has 2 rings (SSSR count). The van der Waals surface area contributed by atoms with Crippen LogP contribution in [-0.4, -0.2) is 31.7 Å². The van der Waals surface area contributed by atoms with E-state index in [1.54, 1.807) is 13.2 Å². The average molecular weight is 332 g/mol. The summed E-state index contributed by atoms with van der Waals surface area (Å²) in [6.45, 7) is 8.90. The summed E-state index contributed by atoms with van der Waals surface area (Å²) < 4.78 is 22.8. The molecule has 132 valence electrons. The van der Waals surface area contributed by atoms with Crippen LogP contribution < -0.4 is 4.74 Å². The third-order valence-electron chi connectivity index (χ3n) is 3.86. The van der Waals surface area contributed by atoms with E-state index >= 15 is 0 Å². The highest BCUT2D eigenvalue weighted by Gasteiger charge is 2.39. The van der Waals surface area contributed by atoms with Crippen molar-refractivity contribution in [3.05, 3.63) is 54.6 Å². The van der Waals surface area contributed by atoms with Crippen molar-refractivity contribution in [3.8, 4) is 5.75 Å². The zero-order valence-corrected chi connectivity index (χ0v) is 14.9. The maximum atomic E-state index is 5.97. The lowest BCUT2D eigenvalue weighted by atomic mass is 10.1. The zero-order chi connectivity index (χ0) is 17.4. The zero-order valence-electron chi connectivity index (χ0n) is 14.9. The number of allylic oxidation sites excluding steroid dienone is 2. The molecule has 24 heavy (non-hydrogen) atoms. The quantitative estimate of drug-likeness (QED) is 0.500. The van der Waals surface area contributed by atoms with Gasteiger partial charge in [-0.05, 0) is 44.4 Å². The highest BCUT2D eigenvalue weighted by molar-refractivity contribution is 5.26. The number of hydrogen-bond donors (Lipinski definition) is 0. The molecule has 1 aromatic carbocycles. The smallest absolute Gasteiger partial charge is 0.164 e. The predicted molar refractivity (Wildman–Crippen MR) is 95.0 cm³/mol. The summed E-state index contributed by atoms with van der Waals surface area (Å²) in [4.78, 5) is 0. The highest BCUT2D eigenvalue weighted by atomic mass is 16.7. The minimum absolute atomic E-state index is 0.0282. The lowest BCUT2D eigenvalue weighted by Crippen LogP contribution is -2.21. The first-order valence-electron chi connectivity index (χ1n) is 8.39. The predicted octanol–water partition coefficient (Wildman–Crippen LogP) is 4.25. The molecule has 0 saturated carbocycles. The summed E-state index contributed by atoms with van der Waals surface area (Å²) in [5.41, 5.74) is 1.14. The Labute approximate surface area is 145 Å². The summed E-state index contributed by atoms with van der Waals surface area (Å²) >= 11 is 0. The summed E-state index contributed by atoms with van der Waals surface area (Å²) in [7, 11) is 1.67. The van der Waals surface area contributed by atoms with Crippen LogP contribution in [0.1, 0.15) is 32.3 Å². The van der Waals surface area contributed by atoms with Crippen molar-refractivity contribution in [2.24, 2.45) is 0 Å². The topological polar surface area (TPSA) is 36.9 Å². The highest BCUT2D eigenvalue weighted by Crippen LogP contribution is 2.31. The van der Waals surface area contributed by atoms with Crippen molar-refractivity contribution in [2.75, 3.05) is 13.7 Å². The average Bonchev–Trinajstić information content (AvgIpc) is 2.87. The second-order valence-corrected chi connectivity index (χ2v) is 6.30. The lowest BCUT2D eigenvalue weighted by Gasteiger charge is -2.16. The minimum Gasteiger partial charge on any atom is -0.497 e. The van der Waals surface area contributed by atoms with E-state index in [9.17, 15) is 0 Å². The van der Waals surface area contributed by atoms with Crippen molar-refractivity contribution < 1.29 is 18.9 Å². The molecule has 1 aliphatic rings. The van der Waals surface area contributed by atoms with Crippen LogP contribution in [-0.2, 0) is 20.8 Å². The monoisotopic (exact) mass is 332 g/mol. The first-order valence-corrected chi connectivity index (χ1v) is 8.39. The second kappa shape index (κ2) is 9.02. The Morgan fingerprint density at radius 3 is 2.62 bits per heavy atom. The van der Waals surface area contributed by atoms with Crippen molar-refractivity contribution in [3.63, 3.8) is 0 Å². The van der Waals surface area contributed by atoms with E-state index in [0.717, 1.165) is 24.2 Å². The molecule has 0 spiro atoms. The number of ether oxygens (including phenoxy) is 4. The van der Waals surface area contributed by atoms with Gasteiger partial charge in [0.2, 0.25) is 0 Å². The van der Waals surface area contributed by atoms with Crippen LogP contribution in [0.3, 0.4) is 0 Å². The Morgan fingerprint density at radius 2 is 1.96 bits per heavy atom. The Morgan fingerprint density at radius 1 is 1.21 bits per heavy atom. The largest absolute Gasteiger partial charge is 0.497 e. The van der Waals surface area contributed by atoms with Gasteiger partial charge in [-0.1, -0.05) is 36.9 Å². The Kier molecular flexibility index (Phi) is 7.03. The van der Waals surface area contributed by atoms with Gasteiger partial charge in [0.15, 0.2) is 5.79 Å². The summed E-state index contributed by atoms with van der Waals surface area (Å²) in [5, 5.41) is 0. The Bertz CT molecular complexity index is 533. The molecule has 0 N–H and O–H groups in total. The molecule has 4 nitrogen and oxygen atoms in total. The van der Waals surface area contributed by atoms with Crippen molar-refractivity contribution in [1.29, 1.82) is 0 Å². The molecule has 0 aliphatic carbocycles. The molecule has 2 unspecified atom stereocenters. The van der Waals surface area contributed by atoms with E-state index in [0.29, 0.717) is 13.2 Å². The fourth-order valence-corrected chi connectivity index (χ4v) is 2.74. The maximum absolute atomic E-state index is 5.97. The number of rotatable bonds is 9. The van der Waals surface area contributed by atoms with Crippen LogP contribution in [0.4, 0.5) is 0 Å². The van der Waals surface area contributed by atoms with Crippen LogP contribution in [0.15, 0.2) is 49.1 Å². The number of methoxy groups -OCH3 is 1. The third kappa shape index (κ3) is 5.78. The van der Waals surface area contributed by atoms with Gasteiger partial charge >= 0.3 is 0 Å². The maximum Gasteiger partial charge on any atom is 0.164 e. The summed E-state index contributed by atoms with van der Waals surface area (Å²) in [6.07, 6.45) is 7.52. The third-order valence-corrected chi connectivity index (χ3v) is 3.86. The molecule has 2 atom stereocenters. The minimum atomic E-state index is -0.537. The van der Waals surface area contributed by atoms with Gasteiger partial charge in [0.05, 0.1) is 19.8 Å². The molecule has 0 bridgehead atoms. The van der Waals surface area contributed by atoms with E-state index < -0.39 is 5.79 Å². The molecular weight excluding hydrogens is 304 g/mol. The Balaban J connectivity index is 1.70. The van der Waals surface area contributed by atoms with Crippen LogP contribution >= 0.6 is 0 Å². The molecule has 1 aromatic rings. The Hall–Kier alpha value is -1.62. The van der Waals surface area contributed by atoms with Gasteiger partial charge in [0.25, 0.3) is 0 Å². The van der Waals surface area contributed by atoms with Gasteiger partial charge in [-0.15, -0.1) is 0 Å². The standard InChI is InChI=1S/C20H28O4/c1-5-6-8-18-19(24-20(2,3)23-18)9-7-14-22-15-16-10-12-17(21-4)13-11-16/h5-6,8,10-13,18-19H,1,7,9,14-15H2,2-4H3/b8-6+. The fourth-order valence-electron chi connectivity index (χ4n) is 2.74. The van der Waals surface area contributed by atoms with Gasteiger partial charge in [0.1, 0.15) is 11.9 Å². The van der Waals surface area contributed by atoms with Crippen molar-refractivity contribution in [2.45, 2.75) is 51.3 Å². The van der Waals surface area contributed by atoms with E-state index in [1.807, 2.05) is 50.3 Å². The van der Waals surface area contributed by atoms with Crippen LogP contribution in [0, 0.1) is 0 Å². The van der Waals surface area contributed by atoms with E-state index in [1.165, 1.54) is 0 Å². The molecular formula is C20H28O4. The lowest BCUT2D eigenvalue weighted by molar-refractivity contribution is -0.143. The van der Waals surface area contributed by atoms with Gasteiger partial charge in [-0.2, -0.15) is 0 Å². The second-order valence-electron chi connectivity index (χ2n) is 6.30. The molecule has 0 radical (unpaired) electrons. The van der Waals surface area contributed by atoms with Gasteiger partial charge < -0.3 is 18.9 Å². The van der Waals surface area contributed by atoms with Crippen LogP contribution in [0.2, 0.25) is 0 Å². The van der Waals surface area contributed by atoms with Gasteiger partial charge in [0, 0.05) is 6.61 Å². The SMILES string of the molecule is C=C/C=C/C1OC(C)(C)OC1CCCOCc1ccc(OC)cc1. The first-order chi connectivity index (χ1) is 11.5. The normalized spacial score (nSPS) is 22.8. The molecule has 4 heteroatoms. The van der Waals surface area contributed by atoms with Gasteiger partial charge in [-0.25, -0.2) is 0 Å².